The van der Waals surface area contributed by atoms with Gasteiger partial charge in [-0.2, -0.15) is 0 Å². The molecule has 0 aliphatic rings. The van der Waals surface area contributed by atoms with E-state index in [0.717, 1.165) is 61.4 Å². The first-order valence-electron chi connectivity index (χ1n) is 23.6. The topological polar surface area (TPSA) is 21.3 Å². The van der Waals surface area contributed by atoms with Gasteiger partial charge >= 0.3 is 0 Å². The number of para-hydroxylation sites is 3. The monoisotopic (exact) mass is 880 g/mol. The van der Waals surface area contributed by atoms with E-state index in [-0.39, 0.29) is 0 Å². The molecular weight excluding hydrogens is 837 g/mol. The van der Waals surface area contributed by atoms with E-state index in [0.29, 0.717) is 0 Å². The Bertz CT molecular complexity index is 3940. The van der Waals surface area contributed by atoms with Crippen molar-refractivity contribution in [3.05, 3.63) is 267 Å². The summed E-state index contributed by atoms with van der Waals surface area (Å²) in [5.74, 6) is 0. The summed E-state index contributed by atoms with van der Waals surface area (Å²) in [6, 6.07) is 96.1. The fraction of sp³-hybridized carbons (Fsp3) is 0. The normalized spacial score (nSPS) is 11.5. The molecule has 0 saturated heterocycles. The van der Waals surface area contributed by atoms with Crippen LogP contribution in [0.4, 0.5) is 17.1 Å². The number of aromatic nitrogens is 1. The number of hydrogen-bond acceptors (Lipinski definition) is 2. The number of nitrogens with zero attached hydrogens (tertiary/aromatic N) is 2. The number of benzene rings is 11. The van der Waals surface area contributed by atoms with E-state index >= 15 is 0 Å². The Morgan fingerprint density at radius 2 is 0.652 bits per heavy atom. The molecule has 2 heterocycles. The van der Waals surface area contributed by atoms with Crippen molar-refractivity contribution in [2.45, 2.75) is 0 Å². The standard InChI is InChI=1S/C66H44N2O/c1-2-16-46(17-3-1)53-18-4-6-20-55(53)57-22-8-9-23-58(57)56-21-7-5-19-54(56)47-32-37-50(38-33-47)67(49-35-30-45(31-36-49)48-34-43-66-62(44-48)61-26-12-15-29-65(61)69-66)51-39-41-52(42-40-51)68-63-27-13-10-24-59(63)60-25-11-14-28-64(60)68/h1-44H. The van der Waals surface area contributed by atoms with Crippen LogP contribution in [0.25, 0.3) is 105 Å². The van der Waals surface area contributed by atoms with Crippen molar-refractivity contribution in [3.63, 3.8) is 0 Å². The first kappa shape index (κ1) is 40.1. The SMILES string of the molecule is c1ccc(-c2ccccc2-c2ccccc2-c2ccccc2-c2ccc(N(c3ccc(-c4ccc5oc6ccccc6c5c4)cc3)c3ccc(-n4c5ccccc5c5ccccc54)cc3)cc2)cc1. The Hall–Kier alpha value is -9.18. The third kappa shape index (κ3) is 7.08. The highest BCUT2D eigenvalue weighted by Gasteiger charge is 2.19. The van der Waals surface area contributed by atoms with Crippen LogP contribution in [0.15, 0.2) is 271 Å². The van der Waals surface area contributed by atoms with Crippen molar-refractivity contribution in [2.24, 2.45) is 0 Å². The molecule has 0 bridgehead atoms. The summed E-state index contributed by atoms with van der Waals surface area (Å²) < 4.78 is 8.54. The van der Waals surface area contributed by atoms with Gasteiger partial charge in [-0.15, -0.1) is 0 Å². The smallest absolute Gasteiger partial charge is 0.135 e. The van der Waals surface area contributed by atoms with Crippen LogP contribution in [0, 0.1) is 0 Å². The maximum absolute atomic E-state index is 6.17. The highest BCUT2D eigenvalue weighted by Crippen LogP contribution is 2.44. The quantitative estimate of drug-likeness (QED) is 0.144. The largest absolute Gasteiger partial charge is 0.456 e. The first-order valence-corrected chi connectivity index (χ1v) is 23.6. The molecule has 0 atom stereocenters. The van der Waals surface area contributed by atoms with Gasteiger partial charge in [0.2, 0.25) is 0 Å². The average molecular weight is 881 g/mol. The maximum Gasteiger partial charge on any atom is 0.135 e. The van der Waals surface area contributed by atoms with Crippen molar-refractivity contribution < 1.29 is 4.42 Å². The molecule has 69 heavy (non-hydrogen) atoms. The van der Waals surface area contributed by atoms with E-state index in [4.69, 9.17) is 4.42 Å². The molecule has 0 unspecified atom stereocenters. The van der Waals surface area contributed by atoms with Gasteiger partial charge in [0, 0.05) is 44.3 Å². The summed E-state index contributed by atoms with van der Waals surface area (Å²) in [6.45, 7) is 0. The lowest BCUT2D eigenvalue weighted by molar-refractivity contribution is 0.669. The summed E-state index contributed by atoms with van der Waals surface area (Å²) >= 11 is 0. The van der Waals surface area contributed by atoms with E-state index in [2.05, 4.69) is 264 Å². The first-order chi connectivity index (χ1) is 34.2. The van der Waals surface area contributed by atoms with Crippen LogP contribution in [0.3, 0.4) is 0 Å². The van der Waals surface area contributed by atoms with Gasteiger partial charge in [-0.3, -0.25) is 0 Å². The van der Waals surface area contributed by atoms with Crippen LogP contribution in [-0.4, -0.2) is 4.57 Å². The molecule has 0 amide bonds. The van der Waals surface area contributed by atoms with E-state index < -0.39 is 0 Å². The molecule has 0 aliphatic heterocycles. The van der Waals surface area contributed by atoms with Crippen molar-refractivity contribution in [2.75, 3.05) is 4.90 Å². The second-order valence-electron chi connectivity index (χ2n) is 17.6. The predicted octanol–water partition coefficient (Wildman–Crippen LogP) is 18.5. The number of fused-ring (bicyclic) bond motifs is 6. The fourth-order valence-corrected chi connectivity index (χ4v) is 10.4. The number of rotatable bonds is 9. The number of anilines is 3. The van der Waals surface area contributed by atoms with Crippen LogP contribution < -0.4 is 4.90 Å². The van der Waals surface area contributed by atoms with Gasteiger partial charge in [0.05, 0.1) is 11.0 Å². The van der Waals surface area contributed by atoms with Gasteiger partial charge < -0.3 is 13.9 Å². The Balaban J connectivity index is 0.897. The molecule has 3 heteroatoms. The Labute approximate surface area is 401 Å². The molecule has 0 N–H and O–H groups in total. The maximum atomic E-state index is 6.17. The van der Waals surface area contributed by atoms with E-state index in [1.807, 2.05) is 12.1 Å². The summed E-state index contributed by atoms with van der Waals surface area (Å²) in [4.78, 5) is 2.36. The third-order valence-corrected chi connectivity index (χ3v) is 13.7. The zero-order valence-electron chi connectivity index (χ0n) is 37.7. The number of furan rings is 1. The fourth-order valence-electron chi connectivity index (χ4n) is 10.4. The summed E-state index contributed by atoms with van der Waals surface area (Å²) in [7, 11) is 0. The average Bonchev–Trinajstić information content (AvgIpc) is 3.97. The van der Waals surface area contributed by atoms with Crippen LogP contribution in [0.5, 0.6) is 0 Å². The van der Waals surface area contributed by atoms with Crippen molar-refractivity contribution >= 4 is 60.8 Å². The molecule has 324 valence electrons. The van der Waals surface area contributed by atoms with Crippen molar-refractivity contribution in [1.82, 2.24) is 4.57 Å². The minimum atomic E-state index is 0.899. The van der Waals surface area contributed by atoms with E-state index in [1.54, 1.807) is 0 Å². The molecule has 0 radical (unpaired) electrons. The molecule has 2 aromatic heterocycles. The summed E-state index contributed by atoms with van der Waals surface area (Å²) in [5, 5.41) is 4.76. The molecular formula is C66H44N2O. The van der Waals surface area contributed by atoms with E-state index in [9.17, 15) is 0 Å². The third-order valence-electron chi connectivity index (χ3n) is 13.7. The minimum Gasteiger partial charge on any atom is -0.456 e. The number of hydrogen-bond donors (Lipinski definition) is 0. The van der Waals surface area contributed by atoms with E-state index in [1.165, 1.54) is 60.8 Å². The van der Waals surface area contributed by atoms with Gasteiger partial charge in [0.15, 0.2) is 0 Å². The second-order valence-corrected chi connectivity index (χ2v) is 17.6. The van der Waals surface area contributed by atoms with Gasteiger partial charge in [0.25, 0.3) is 0 Å². The minimum absolute atomic E-state index is 0.899. The Morgan fingerprint density at radius 3 is 1.22 bits per heavy atom. The Kier molecular flexibility index (Phi) is 9.84. The van der Waals surface area contributed by atoms with Gasteiger partial charge in [0.1, 0.15) is 11.2 Å². The zero-order valence-corrected chi connectivity index (χ0v) is 37.7. The molecule has 0 fully saturated rings. The molecule has 11 aromatic carbocycles. The van der Waals surface area contributed by atoms with Gasteiger partial charge in [-0.1, -0.05) is 188 Å². The van der Waals surface area contributed by atoms with Crippen LogP contribution in [0.2, 0.25) is 0 Å². The lowest BCUT2D eigenvalue weighted by atomic mass is 9.87. The van der Waals surface area contributed by atoms with Crippen LogP contribution in [-0.2, 0) is 0 Å². The van der Waals surface area contributed by atoms with Crippen LogP contribution in [0.1, 0.15) is 0 Å². The summed E-state index contributed by atoms with van der Waals surface area (Å²) in [5.41, 5.74) is 20.4. The molecule has 13 rings (SSSR count). The second kappa shape index (κ2) is 16.9. The lowest BCUT2D eigenvalue weighted by Crippen LogP contribution is -2.10. The van der Waals surface area contributed by atoms with Gasteiger partial charge in [-0.25, -0.2) is 0 Å². The Morgan fingerprint density at radius 1 is 0.261 bits per heavy atom. The van der Waals surface area contributed by atoms with Crippen molar-refractivity contribution in [1.29, 1.82) is 0 Å². The molecule has 0 aliphatic carbocycles. The predicted molar refractivity (Wildman–Crippen MR) is 290 cm³/mol. The highest BCUT2D eigenvalue weighted by molar-refractivity contribution is 6.09. The van der Waals surface area contributed by atoms with Crippen molar-refractivity contribution in [3.8, 4) is 61.3 Å². The molecule has 13 aromatic rings. The summed E-state index contributed by atoms with van der Waals surface area (Å²) in [6.07, 6.45) is 0. The van der Waals surface area contributed by atoms with Crippen LogP contribution >= 0.6 is 0 Å². The molecule has 0 saturated carbocycles. The van der Waals surface area contributed by atoms with Gasteiger partial charge in [-0.05, 0) is 134 Å². The highest BCUT2D eigenvalue weighted by atomic mass is 16.3. The lowest BCUT2D eigenvalue weighted by Gasteiger charge is -2.26. The zero-order chi connectivity index (χ0) is 45.7. The molecule has 3 nitrogen and oxygen atoms in total. The molecule has 0 spiro atoms.